The Hall–Kier alpha value is -1.26. The highest BCUT2D eigenvalue weighted by atomic mass is 32.1. The van der Waals surface area contributed by atoms with Gasteiger partial charge in [0.2, 0.25) is 0 Å². The lowest BCUT2D eigenvalue weighted by Gasteiger charge is -2.03. The van der Waals surface area contributed by atoms with Crippen molar-refractivity contribution in [3.8, 4) is 10.6 Å². The number of nitrogens with one attached hydrogen (secondary N) is 1. The van der Waals surface area contributed by atoms with E-state index < -0.39 is 0 Å². The number of rotatable bonds is 5. The Balaban J connectivity index is 2.41. The summed E-state index contributed by atoms with van der Waals surface area (Å²) < 4.78 is 13.5. The van der Waals surface area contributed by atoms with Gasteiger partial charge in [-0.15, -0.1) is 11.3 Å². The van der Waals surface area contributed by atoms with E-state index in [2.05, 4.69) is 19.2 Å². The largest absolute Gasteiger partial charge is 0.315 e. The van der Waals surface area contributed by atoms with Gasteiger partial charge < -0.3 is 5.32 Å². The van der Waals surface area contributed by atoms with Crippen LogP contribution in [0.25, 0.3) is 10.6 Å². The highest BCUT2D eigenvalue weighted by Crippen LogP contribution is 2.30. The van der Waals surface area contributed by atoms with Gasteiger partial charge in [0.25, 0.3) is 0 Å². The third kappa shape index (κ3) is 3.64. The second-order valence-corrected chi connectivity index (χ2v) is 6.62. The number of nitrogens with zero attached hydrogens (tertiary/aromatic N) is 1. The van der Waals surface area contributed by atoms with Gasteiger partial charge in [-0.2, -0.15) is 0 Å². The molecule has 1 N–H and O–H groups in total. The first kappa shape index (κ1) is 15.1. The van der Waals surface area contributed by atoms with E-state index in [4.69, 9.17) is 4.98 Å². The van der Waals surface area contributed by atoms with E-state index in [-0.39, 0.29) is 5.82 Å². The second-order valence-electron chi connectivity index (χ2n) is 5.53. The zero-order chi connectivity index (χ0) is 14.7. The van der Waals surface area contributed by atoms with E-state index in [1.54, 1.807) is 23.5 Å². The van der Waals surface area contributed by atoms with Crippen molar-refractivity contribution in [1.82, 2.24) is 10.3 Å². The molecule has 0 spiro atoms. The van der Waals surface area contributed by atoms with Crippen LogP contribution >= 0.6 is 11.3 Å². The standard InChI is InChI=1S/C16H21FN2S/c1-10(2)5-14-15(9-18-4)20-16(19-14)12-6-11(3)7-13(17)8-12/h6-8,10,18H,5,9H2,1-4H3. The summed E-state index contributed by atoms with van der Waals surface area (Å²) in [6.07, 6.45) is 0.960. The summed E-state index contributed by atoms with van der Waals surface area (Å²) in [6.45, 7) is 7.10. The second kappa shape index (κ2) is 6.46. The quantitative estimate of drug-likeness (QED) is 0.894. The van der Waals surface area contributed by atoms with Crippen LogP contribution < -0.4 is 5.32 Å². The molecular formula is C16H21FN2S. The van der Waals surface area contributed by atoms with E-state index in [1.165, 1.54) is 4.88 Å². The number of aromatic nitrogens is 1. The molecular weight excluding hydrogens is 271 g/mol. The molecule has 0 saturated heterocycles. The maximum atomic E-state index is 13.5. The predicted octanol–water partition coefficient (Wildman–Crippen LogP) is 4.18. The molecule has 1 aromatic carbocycles. The van der Waals surface area contributed by atoms with Gasteiger partial charge in [-0.1, -0.05) is 13.8 Å². The molecule has 1 heterocycles. The monoisotopic (exact) mass is 292 g/mol. The van der Waals surface area contributed by atoms with Crippen molar-refractivity contribution in [3.63, 3.8) is 0 Å². The summed E-state index contributed by atoms with van der Waals surface area (Å²) in [5, 5.41) is 4.09. The Morgan fingerprint density at radius 2 is 2.05 bits per heavy atom. The minimum absolute atomic E-state index is 0.198. The topological polar surface area (TPSA) is 24.9 Å². The summed E-state index contributed by atoms with van der Waals surface area (Å²) in [4.78, 5) is 5.98. The fourth-order valence-corrected chi connectivity index (χ4v) is 3.30. The van der Waals surface area contributed by atoms with Crippen molar-refractivity contribution in [2.45, 2.75) is 33.7 Å². The summed E-state index contributed by atoms with van der Waals surface area (Å²) >= 11 is 1.66. The molecule has 0 atom stereocenters. The van der Waals surface area contributed by atoms with Crippen LogP contribution in [-0.4, -0.2) is 12.0 Å². The van der Waals surface area contributed by atoms with Gasteiger partial charge in [-0.25, -0.2) is 9.37 Å². The van der Waals surface area contributed by atoms with Crippen molar-refractivity contribution in [1.29, 1.82) is 0 Å². The number of thiazole rings is 1. The molecule has 0 bridgehead atoms. The highest BCUT2D eigenvalue weighted by molar-refractivity contribution is 7.15. The van der Waals surface area contributed by atoms with Crippen molar-refractivity contribution in [2.75, 3.05) is 7.05 Å². The van der Waals surface area contributed by atoms with E-state index in [9.17, 15) is 4.39 Å². The summed E-state index contributed by atoms with van der Waals surface area (Å²) in [7, 11) is 1.94. The molecule has 4 heteroatoms. The maximum Gasteiger partial charge on any atom is 0.124 e. The first-order valence-corrected chi connectivity index (χ1v) is 7.72. The maximum absolute atomic E-state index is 13.5. The zero-order valence-electron chi connectivity index (χ0n) is 12.5. The SMILES string of the molecule is CNCc1sc(-c2cc(C)cc(F)c2)nc1CC(C)C. The van der Waals surface area contributed by atoms with E-state index in [0.29, 0.717) is 5.92 Å². The molecule has 2 rings (SSSR count). The third-order valence-corrected chi connectivity index (χ3v) is 4.15. The van der Waals surface area contributed by atoms with Gasteiger partial charge in [-0.3, -0.25) is 0 Å². The van der Waals surface area contributed by atoms with Crippen LogP contribution in [-0.2, 0) is 13.0 Å². The van der Waals surface area contributed by atoms with Crippen LogP contribution in [0.4, 0.5) is 4.39 Å². The minimum atomic E-state index is -0.198. The van der Waals surface area contributed by atoms with Crippen molar-refractivity contribution >= 4 is 11.3 Å². The average molecular weight is 292 g/mol. The Bertz CT molecular complexity index is 570. The van der Waals surface area contributed by atoms with Gasteiger partial charge >= 0.3 is 0 Å². The fourth-order valence-electron chi connectivity index (χ4n) is 2.21. The van der Waals surface area contributed by atoms with Crippen molar-refractivity contribution in [3.05, 3.63) is 40.2 Å². The molecule has 2 aromatic rings. The molecule has 20 heavy (non-hydrogen) atoms. The first-order chi connectivity index (χ1) is 9.49. The van der Waals surface area contributed by atoms with Crippen LogP contribution in [0.15, 0.2) is 18.2 Å². The lowest BCUT2D eigenvalue weighted by atomic mass is 10.1. The molecule has 0 amide bonds. The molecule has 1 aromatic heterocycles. The van der Waals surface area contributed by atoms with Gasteiger partial charge in [0, 0.05) is 17.0 Å². The number of halogens is 1. The number of benzene rings is 1. The molecule has 0 unspecified atom stereocenters. The van der Waals surface area contributed by atoms with E-state index in [1.807, 2.05) is 20.0 Å². The van der Waals surface area contributed by atoms with Gasteiger partial charge in [-0.05, 0) is 50.1 Å². The van der Waals surface area contributed by atoms with Crippen LogP contribution in [0.5, 0.6) is 0 Å². The fraction of sp³-hybridized carbons (Fsp3) is 0.438. The molecule has 108 valence electrons. The van der Waals surface area contributed by atoms with Gasteiger partial charge in [0.05, 0.1) is 5.69 Å². The number of hydrogen-bond acceptors (Lipinski definition) is 3. The van der Waals surface area contributed by atoms with Gasteiger partial charge in [0.15, 0.2) is 0 Å². The lowest BCUT2D eigenvalue weighted by Crippen LogP contribution is -2.07. The molecule has 0 saturated carbocycles. The summed E-state index contributed by atoms with van der Waals surface area (Å²) in [6, 6.07) is 5.10. The Morgan fingerprint density at radius 1 is 1.30 bits per heavy atom. The summed E-state index contributed by atoms with van der Waals surface area (Å²) in [5.74, 6) is 0.366. The van der Waals surface area contributed by atoms with E-state index in [0.717, 1.165) is 34.8 Å². The number of aryl methyl sites for hydroxylation is 1. The van der Waals surface area contributed by atoms with Gasteiger partial charge in [0.1, 0.15) is 10.8 Å². The van der Waals surface area contributed by atoms with E-state index >= 15 is 0 Å². The molecule has 0 radical (unpaired) electrons. The average Bonchev–Trinajstić information content (AvgIpc) is 2.71. The van der Waals surface area contributed by atoms with Crippen LogP contribution in [0.3, 0.4) is 0 Å². The normalized spacial score (nSPS) is 11.3. The van der Waals surface area contributed by atoms with Crippen LogP contribution in [0.1, 0.15) is 30.0 Å². The Kier molecular flexibility index (Phi) is 4.89. The third-order valence-electron chi connectivity index (χ3n) is 3.01. The Morgan fingerprint density at radius 3 is 2.65 bits per heavy atom. The molecule has 0 aliphatic rings. The molecule has 2 nitrogen and oxygen atoms in total. The van der Waals surface area contributed by atoms with Crippen LogP contribution in [0, 0.1) is 18.7 Å². The minimum Gasteiger partial charge on any atom is -0.315 e. The number of hydrogen-bond donors (Lipinski definition) is 1. The van der Waals surface area contributed by atoms with Crippen molar-refractivity contribution < 1.29 is 4.39 Å². The molecule has 0 fully saturated rings. The predicted molar refractivity (Wildman–Crippen MR) is 83.6 cm³/mol. The molecule has 0 aliphatic heterocycles. The van der Waals surface area contributed by atoms with Crippen molar-refractivity contribution in [2.24, 2.45) is 5.92 Å². The first-order valence-electron chi connectivity index (χ1n) is 6.90. The highest BCUT2D eigenvalue weighted by Gasteiger charge is 2.14. The molecule has 0 aliphatic carbocycles. The lowest BCUT2D eigenvalue weighted by molar-refractivity contribution is 0.626. The zero-order valence-corrected chi connectivity index (χ0v) is 13.3. The smallest absolute Gasteiger partial charge is 0.124 e. The van der Waals surface area contributed by atoms with Crippen LogP contribution in [0.2, 0.25) is 0 Å². The summed E-state index contributed by atoms with van der Waals surface area (Å²) in [5.41, 5.74) is 2.94. The Labute approximate surface area is 124 Å².